The Labute approximate surface area is 128 Å². The molecule has 0 aromatic carbocycles. The molecule has 0 saturated heterocycles. The third kappa shape index (κ3) is 2.61. The number of hydrogen-bond donors (Lipinski definition) is 0. The Bertz CT molecular complexity index is 707. The molecule has 1 aliphatic carbocycles. The molecule has 0 spiro atoms. The summed E-state index contributed by atoms with van der Waals surface area (Å²) in [6.07, 6.45) is 5.21. The van der Waals surface area contributed by atoms with Gasteiger partial charge >= 0.3 is 5.97 Å². The highest BCUT2D eigenvalue weighted by Gasteiger charge is 2.27. The number of esters is 1. The number of nitrogens with zero attached hydrogens (tertiary/aromatic N) is 3. The molecular weight excluding hydrogens is 285 g/mol. The van der Waals surface area contributed by atoms with Gasteiger partial charge in [-0.15, -0.1) is 0 Å². The molecule has 1 fully saturated rings. The quantitative estimate of drug-likeness (QED) is 0.629. The number of carbonyl (C=O) groups is 1. The van der Waals surface area contributed by atoms with Gasteiger partial charge in [-0.3, -0.25) is 4.68 Å². The van der Waals surface area contributed by atoms with Crippen molar-refractivity contribution in [2.75, 3.05) is 6.61 Å². The zero-order valence-corrected chi connectivity index (χ0v) is 12.7. The van der Waals surface area contributed by atoms with Crippen LogP contribution in [0.1, 0.15) is 48.5 Å². The van der Waals surface area contributed by atoms with Crippen molar-refractivity contribution in [1.82, 2.24) is 14.8 Å². The second kappa shape index (κ2) is 5.87. The van der Waals surface area contributed by atoms with Crippen molar-refractivity contribution >= 4 is 5.97 Å². The normalized spacial score (nSPS) is 14.1. The average Bonchev–Trinajstić information content (AvgIpc) is 3.27. The first-order valence-electron chi connectivity index (χ1n) is 7.54. The Balaban J connectivity index is 2.12. The number of rotatable bonds is 5. The molecule has 0 atom stereocenters. The first-order chi connectivity index (χ1) is 10.7. The largest absolute Gasteiger partial charge is 0.462 e. The average molecular weight is 303 g/mol. The van der Waals surface area contributed by atoms with E-state index in [1.54, 1.807) is 23.9 Å². The molecular formula is C16H18FN3O2. The summed E-state index contributed by atoms with van der Waals surface area (Å²) in [5, 5.41) is 4.17. The van der Waals surface area contributed by atoms with Crippen molar-refractivity contribution in [3.8, 4) is 11.3 Å². The van der Waals surface area contributed by atoms with Crippen molar-refractivity contribution < 1.29 is 13.9 Å². The van der Waals surface area contributed by atoms with Gasteiger partial charge in [0.15, 0.2) is 0 Å². The van der Waals surface area contributed by atoms with Gasteiger partial charge in [0, 0.05) is 12.7 Å². The van der Waals surface area contributed by atoms with E-state index in [1.807, 2.05) is 6.92 Å². The molecule has 0 radical (unpaired) electrons. The van der Waals surface area contributed by atoms with Crippen LogP contribution in [0.2, 0.25) is 0 Å². The minimum atomic E-state index is -0.592. The van der Waals surface area contributed by atoms with E-state index < -0.39 is 11.9 Å². The van der Waals surface area contributed by atoms with E-state index in [0.717, 1.165) is 18.4 Å². The molecule has 1 aliphatic rings. The summed E-state index contributed by atoms with van der Waals surface area (Å²) in [7, 11) is 0. The molecule has 5 nitrogen and oxygen atoms in total. The predicted octanol–water partition coefficient (Wildman–Crippen LogP) is 3.16. The van der Waals surface area contributed by atoms with Gasteiger partial charge in [-0.2, -0.15) is 9.49 Å². The number of carbonyl (C=O) groups excluding carboxylic acids is 1. The van der Waals surface area contributed by atoms with Gasteiger partial charge in [0.25, 0.3) is 0 Å². The number of hydrogen-bond acceptors (Lipinski definition) is 4. The topological polar surface area (TPSA) is 57.0 Å². The summed E-state index contributed by atoms with van der Waals surface area (Å²) in [5.41, 5.74) is 2.03. The second-order valence-electron chi connectivity index (χ2n) is 5.32. The number of halogens is 1. The van der Waals surface area contributed by atoms with Crippen molar-refractivity contribution in [2.45, 2.75) is 39.2 Å². The van der Waals surface area contributed by atoms with E-state index >= 15 is 0 Å². The Morgan fingerprint density at radius 1 is 1.41 bits per heavy atom. The van der Waals surface area contributed by atoms with E-state index in [0.29, 0.717) is 23.7 Å². The number of pyridine rings is 1. The molecule has 3 rings (SSSR count). The molecule has 0 amide bonds. The first-order valence-corrected chi connectivity index (χ1v) is 7.54. The van der Waals surface area contributed by atoms with Crippen molar-refractivity contribution in [3.63, 3.8) is 0 Å². The molecule has 2 aromatic heterocycles. The van der Waals surface area contributed by atoms with Gasteiger partial charge in [0.2, 0.25) is 5.95 Å². The molecule has 2 aromatic rings. The standard InChI is InChI=1S/C16H18FN3O2/c1-3-20-14(13(9-19-20)16(21)22-4-2)12-7-11(10-5-6-10)8-18-15(12)17/h7-10H,3-6H2,1-2H3. The van der Waals surface area contributed by atoms with Crippen LogP contribution in [-0.2, 0) is 11.3 Å². The Morgan fingerprint density at radius 3 is 2.82 bits per heavy atom. The molecule has 2 heterocycles. The smallest absolute Gasteiger partial charge is 0.341 e. The highest BCUT2D eigenvalue weighted by atomic mass is 19.1. The van der Waals surface area contributed by atoms with Crippen LogP contribution in [0.3, 0.4) is 0 Å². The molecule has 22 heavy (non-hydrogen) atoms. The Kier molecular flexibility index (Phi) is 3.92. The molecule has 1 saturated carbocycles. The highest BCUT2D eigenvalue weighted by molar-refractivity contribution is 5.96. The van der Waals surface area contributed by atoms with Crippen molar-refractivity contribution in [1.29, 1.82) is 0 Å². The van der Waals surface area contributed by atoms with Gasteiger partial charge in [0.1, 0.15) is 5.56 Å². The van der Waals surface area contributed by atoms with E-state index in [-0.39, 0.29) is 12.2 Å². The van der Waals surface area contributed by atoms with Crippen LogP contribution in [-0.4, -0.2) is 27.3 Å². The Hall–Kier alpha value is -2.24. The van der Waals surface area contributed by atoms with Crippen LogP contribution >= 0.6 is 0 Å². The summed E-state index contributed by atoms with van der Waals surface area (Å²) >= 11 is 0. The zero-order valence-electron chi connectivity index (χ0n) is 12.7. The van der Waals surface area contributed by atoms with Crippen molar-refractivity contribution in [3.05, 3.63) is 35.5 Å². The number of ether oxygens (including phenoxy) is 1. The molecule has 116 valence electrons. The van der Waals surface area contributed by atoms with Gasteiger partial charge in [0.05, 0.1) is 24.1 Å². The van der Waals surface area contributed by atoms with Crippen LogP contribution in [0.4, 0.5) is 4.39 Å². The van der Waals surface area contributed by atoms with Crippen LogP contribution in [0.25, 0.3) is 11.3 Å². The summed E-state index contributed by atoms with van der Waals surface area (Å²) < 4.78 is 20.9. The fourth-order valence-electron chi connectivity index (χ4n) is 2.54. The van der Waals surface area contributed by atoms with E-state index in [2.05, 4.69) is 10.1 Å². The summed E-state index contributed by atoms with van der Waals surface area (Å²) in [6.45, 7) is 4.42. The summed E-state index contributed by atoms with van der Waals surface area (Å²) in [5.74, 6) is -0.630. The lowest BCUT2D eigenvalue weighted by atomic mass is 10.1. The lowest BCUT2D eigenvalue weighted by Gasteiger charge is -2.10. The minimum absolute atomic E-state index is 0.262. The maximum atomic E-state index is 14.3. The molecule has 6 heteroatoms. The predicted molar refractivity (Wildman–Crippen MR) is 79.0 cm³/mol. The summed E-state index contributed by atoms with van der Waals surface area (Å²) in [6, 6.07) is 1.78. The van der Waals surface area contributed by atoms with Gasteiger partial charge in [-0.25, -0.2) is 9.78 Å². The number of aryl methyl sites for hydroxylation is 1. The van der Waals surface area contributed by atoms with Crippen LogP contribution in [0.15, 0.2) is 18.5 Å². The lowest BCUT2D eigenvalue weighted by molar-refractivity contribution is 0.0527. The van der Waals surface area contributed by atoms with E-state index in [1.165, 1.54) is 6.20 Å². The fourth-order valence-corrected chi connectivity index (χ4v) is 2.54. The monoisotopic (exact) mass is 303 g/mol. The molecule has 0 unspecified atom stereocenters. The highest BCUT2D eigenvalue weighted by Crippen LogP contribution is 2.41. The van der Waals surface area contributed by atoms with Gasteiger partial charge in [-0.05, 0) is 44.2 Å². The molecule has 0 N–H and O–H groups in total. The van der Waals surface area contributed by atoms with E-state index in [9.17, 15) is 9.18 Å². The SMILES string of the molecule is CCOC(=O)c1cnn(CC)c1-c1cc(C2CC2)cnc1F. The number of aromatic nitrogens is 3. The zero-order chi connectivity index (χ0) is 15.7. The Morgan fingerprint density at radius 2 is 2.18 bits per heavy atom. The third-order valence-electron chi connectivity index (χ3n) is 3.80. The maximum Gasteiger partial charge on any atom is 0.341 e. The fraction of sp³-hybridized carbons (Fsp3) is 0.438. The molecule has 0 aliphatic heterocycles. The van der Waals surface area contributed by atoms with Crippen LogP contribution in [0, 0.1) is 5.95 Å². The van der Waals surface area contributed by atoms with Crippen LogP contribution < -0.4 is 0 Å². The maximum absolute atomic E-state index is 14.3. The minimum Gasteiger partial charge on any atom is -0.462 e. The molecule has 0 bridgehead atoms. The van der Waals surface area contributed by atoms with Gasteiger partial charge < -0.3 is 4.74 Å². The third-order valence-corrected chi connectivity index (χ3v) is 3.80. The van der Waals surface area contributed by atoms with E-state index in [4.69, 9.17) is 4.74 Å². The lowest BCUT2D eigenvalue weighted by Crippen LogP contribution is -2.08. The van der Waals surface area contributed by atoms with Crippen LogP contribution in [0.5, 0.6) is 0 Å². The first kappa shape index (κ1) is 14.7. The van der Waals surface area contributed by atoms with Gasteiger partial charge in [-0.1, -0.05) is 0 Å². The second-order valence-corrected chi connectivity index (χ2v) is 5.32. The van der Waals surface area contributed by atoms with Crippen molar-refractivity contribution in [2.24, 2.45) is 0 Å². The summed E-state index contributed by atoms with van der Waals surface area (Å²) in [4.78, 5) is 16.0.